The highest BCUT2D eigenvalue weighted by Crippen LogP contribution is 2.27. The summed E-state index contributed by atoms with van der Waals surface area (Å²) in [5.41, 5.74) is 1.65. The molecule has 2 amide bonds. The molecule has 0 saturated carbocycles. The van der Waals surface area contributed by atoms with E-state index >= 15 is 0 Å². The van der Waals surface area contributed by atoms with Gasteiger partial charge < -0.3 is 10.2 Å². The zero-order chi connectivity index (χ0) is 17.3. The molecule has 1 aromatic rings. The number of carbonyl (C=O) groups is 2. The van der Waals surface area contributed by atoms with Crippen molar-refractivity contribution in [3.8, 4) is 0 Å². The van der Waals surface area contributed by atoms with Gasteiger partial charge in [-0.05, 0) is 31.0 Å². The molecule has 2 aliphatic rings. The van der Waals surface area contributed by atoms with E-state index in [1.54, 1.807) is 11.8 Å². The number of halogens is 2. The number of nitrogens with one attached hydrogen (secondary N) is 2. The molecule has 0 bridgehead atoms. The number of hydrogen-bond acceptors (Lipinski definition) is 3. The van der Waals surface area contributed by atoms with Gasteiger partial charge in [0, 0.05) is 25.1 Å². The zero-order valence-corrected chi connectivity index (χ0v) is 13.5. The molecule has 2 fully saturated rings. The summed E-state index contributed by atoms with van der Waals surface area (Å²) in [5.74, 6) is -3.16. The van der Waals surface area contributed by atoms with Gasteiger partial charge in [0.2, 0.25) is 11.8 Å². The third-order valence-electron chi connectivity index (χ3n) is 4.54. The molecule has 0 radical (unpaired) electrons. The van der Waals surface area contributed by atoms with E-state index in [1.165, 1.54) is 0 Å². The van der Waals surface area contributed by atoms with E-state index in [2.05, 4.69) is 10.6 Å². The predicted molar refractivity (Wildman–Crippen MR) is 85.9 cm³/mol. The van der Waals surface area contributed by atoms with Crippen LogP contribution in [0, 0.1) is 0 Å². The fraction of sp³-hybridized carbons (Fsp3) is 0.529. The van der Waals surface area contributed by atoms with Crippen LogP contribution < -0.4 is 15.5 Å². The Kier molecular flexibility index (Phi) is 4.54. The van der Waals surface area contributed by atoms with Crippen molar-refractivity contribution in [2.45, 2.75) is 44.2 Å². The molecule has 2 aliphatic heterocycles. The van der Waals surface area contributed by atoms with Crippen LogP contribution in [-0.4, -0.2) is 36.9 Å². The largest absolute Gasteiger partial charge is 0.348 e. The van der Waals surface area contributed by atoms with Crippen molar-refractivity contribution in [2.24, 2.45) is 0 Å². The maximum Gasteiger partial charge on any atom is 0.262 e. The predicted octanol–water partition coefficient (Wildman–Crippen LogP) is 1.99. The quantitative estimate of drug-likeness (QED) is 0.883. The molecule has 2 atom stereocenters. The van der Waals surface area contributed by atoms with Crippen LogP contribution in [0.2, 0.25) is 0 Å². The van der Waals surface area contributed by atoms with Crippen LogP contribution in [0.15, 0.2) is 24.3 Å². The molecule has 5 nitrogen and oxygen atoms in total. The molecule has 0 spiro atoms. The third-order valence-corrected chi connectivity index (χ3v) is 4.54. The minimum atomic E-state index is -2.83. The van der Waals surface area contributed by atoms with E-state index in [1.807, 2.05) is 24.3 Å². The molecule has 130 valence electrons. The lowest BCUT2D eigenvalue weighted by atomic mass is 10.1. The van der Waals surface area contributed by atoms with Gasteiger partial charge in [0.15, 0.2) is 0 Å². The number of rotatable bonds is 4. The highest BCUT2D eigenvalue weighted by molar-refractivity contribution is 5.95. The third kappa shape index (κ3) is 3.56. The van der Waals surface area contributed by atoms with Crippen LogP contribution >= 0.6 is 0 Å². The molecule has 0 aromatic heterocycles. The first kappa shape index (κ1) is 16.8. The van der Waals surface area contributed by atoms with Gasteiger partial charge >= 0.3 is 0 Å². The summed E-state index contributed by atoms with van der Waals surface area (Å²) < 4.78 is 26.4. The highest BCUT2D eigenvalue weighted by Gasteiger charge is 2.42. The number of benzene rings is 1. The Morgan fingerprint density at radius 1 is 1.46 bits per heavy atom. The van der Waals surface area contributed by atoms with Crippen molar-refractivity contribution in [3.63, 3.8) is 0 Å². The summed E-state index contributed by atoms with van der Waals surface area (Å²) in [4.78, 5) is 25.7. The first-order valence-electron chi connectivity index (χ1n) is 8.18. The van der Waals surface area contributed by atoms with Gasteiger partial charge in [-0.15, -0.1) is 0 Å². The van der Waals surface area contributed by atoms with E-state index in [0.717, 1.165) is 17.7 Å². The molecule has 2 saturated heterocycles. The van der Waals surface area contributed by atoms with Gasteiger partial charge in [0.1, 0.15) is 0 Å². The number of anilines is 1. The van der Waals surface area contributed by atoms with Crippen LogP contribution in [0.3, 0.4) is 0 Å². The number of alkyl halides is 2. The summed E-state index contributed by atoms with van der Waals surface area (Å²) in [6, 6.07) is 6.22. The zero-order valence-electron chi connectivity index (χ0n) is 13.5. The van der Waals surface area contributed by atoms with Crippen molar-refractivity contribution in [3.05, 3.63) is 29.8 Å². The van der Waals surface area contributed by atoms with Crippen molar-refractivity contribution in [2.75, 3.05) is 18.0 Å². The van der Waals surface area contributed by atoms with E-state index in [9.17, 15) is 18.4 Å². The summed E-state index contributed by atoms with van der Waals surface area (Å²) in [5, 5.41) is 5.32. The Bertz CT molecular complexity index is 650. The van der Waals surface area contributed by atoms with Crippen LogP contribution in [-0.2, 0) is 9.59 Å². The Morgan fingerprint density at radius 3 is 2.88 bits per heavy atom. The highest BCUT2D eigenvalue weighted by atomic mass is 19.3. The standard InChI is InChI=1S/C17H21F2N3O2/c1-11(21-16(24)14-9-17(18,19)10-20-14)12-4-2-5-13(8-12)22-7-3-6-15(22)23/h2,4-5,8,11,14,20H,3,6-7,9-10H2,1H3,(H,21,24). The van der Waals surface area contributed by atoms with Gasteiger partial charge in [-0.3, -0.25) is 14.9 Å². The monoisotopic (exact) mass is 337 g/mol. The van der Waals surface area contributed by atoms with Gasteiger partial charge in [0.05, 0.1) is 18.6 Å². The molecule has 2 heterocycles. The molecular weight excluding hydrogens is 316 g/mol. The normalized spacial score (nSPS) is 24.2. The molecule has 1 aromatic carbocycles. The van der Waals surface area contributed by atoms with Gasteiger partial charge in [-0.2, -0.15) is 0 Å². The maximum absolute atomic E-state index is 13.2. The maximum atomic E-state index is 13.2. The lowest BCUT2D eigenvalue weighted by Gasteiger charge is -2.21. The van der Waals surface area contributed by atoms with Crippen LogP contribution in [0.1, 0.15) is 37.8 Å². The lowest BCUT2D eigenvalue weighted by Crippen LogP contribution is -2.41. The molecule has 7 heteroatoms. The second-order valence-electron chi connectivity index (χ2n) is 6.47. The van der Waals surface area contributed by atoms with E-state index in [4.69, 9.17) is 0 Å². The minimum Gasteiger partial charge on any atom is -0.348 e. The molecular formula is C17H21F2N3O2. The Hall–Kier alpha value is -2.02. The lowest BCUT2D eigenvalue weighted by molar-refractivity contribution is -0.124. The first-order valence-corrected chi connectivity index (χ1v) is 8.18. The van der Waals surface area contributed by atoms with E-state index in [0.29, 0.717) is 13.0 Å². The van der Waals surface area contributed by atoms with Crippen molar-refractivity contribution in [1.29, 1.82) is 0 Å². The second-order valence-corrected chi connectivity index (χ2v) is 6.47. The van der Waals surface area contributed by atoms with Crippen molar-refractivity contribution >= 4 is 17.5 Å². The smallest absolute Gasteiger partial charge is 0.262 e. The SMILES string of the molecule is CC(NC(=O)C1CC(F)(F)CN1)c1cccc(N2CCCC2=O)c1. The molecule has 24 heavy (non-hydrogen) atoms. The molecule has 0 aliphatic carbocycles. The van der Waals surface area contributed by atoms with Gasteiger partial charge in [-0.1, -0.05) is 12.1 Å². The fourth-order valence-corrected chi connectivity index (χ4v) is 3.18. The second kappa shape index (κ2) is 6.47. The van der Waals surface area contributed by atoms with Crippen molar-refractivity contribution < 1.29 is 18.4 Å². The van der Waals surface area contributed by atoms with Crippen molar-refractivity contribution in [1.82, 2.24) is 10.6 Å². The number of hydrogen-bond donors (Lipinski definition) is 2. The number of nitrogens with zero attached hydrogens (tertiary/aromatic N) is 1. The van der Waals surface area contributed by atoms with Crippen LogP contribution in [0.4, 0.5) is 14.5 Å². The summed E-state index contributed by atoms with van der Waals surface area (Å²) in [6.45, 7) is 2.03. The number of amides is 2. The summed E-state index contributed by atoms with van der Waals surface area (Å²) >= 11 is 0. The molecule has 3 rings (SSSR count). The van der Waals surface area contributed by atoms with Gasteiger partial charge in [-0.25, -0.2) is 8.78 Å². The minimum absolute atomic E-state index is 0.0984. The molecule has 2 N–H and O–H groups in total. The summed E-state index contributed by atoms with van der Waals surface area (Å²) in [6.07, 6.45) is 0.920. The van der Waals surface area contributed by atoms with E-state index in [-0.39, 0.29) is 11.9 Å². The molecule has 2 unspecified atom stereocenters. The van der Waals surface area contributed by atoms with Gasteiger partial charge in [0.25, 0.3) is 5.92 Å². The average Bonchev–Trinajstić information content (AvgIpc) is 3.12. The van der Waals surface area contributed by atoms with Crippen LogP contribution in [0.5, 0.6) is 0 Å². The Morgan fingerprint density at radius 2 is 2.25 bits per heavy atom. The van der Waals surface area contributed by atoms with E-state index < -0.39 is 30.8 Å². The fourth-order valence-electron chi connectivity index (χ4n) is 3.18. The Balaban J connectivity index is 1.66. The number of carbonyl (C=O) groups excluding carboxylic acids is 2. The van der Waals surface area contributed by atoms with Crippen LogP contribution in [0.25, 0.3) is 0 Å². The Labute approximate surface area is 139 Å². The summed E-state index contributed by atoms with van der Waals surface area (Å²) in [7, 11) is 0. The topological polar surface area (TPSA) is 61.4 Å². The first-order chi connectivity index (χ1) is 11.4. The average molecular weight is 337 g/mol.